The lowest BCUT2D eigenvalue weighted by Gasteiger charge is -2.07. The molecule has 0 aliphatic rings. The van der Waals surface area contributed by atoms with Crippen LogP contribution in [0.5, 0.6) is 0 Å². The molecule has 3 heteroatoms. The van der Waals surface area contributed by atoms with Crippen molar-refractivity contribution in [3.63, 3.8) is 0 Å². The summed E-state index contributed by atoms with van der Waals surface area (Å²) in [6, 6.07) is 8.32. The van der Waals surface area contributed by atoms with Crippen molar-refractivity contribution in [2.75, 3.05) is 0 Å². The zero-order valence-corrected chi connectivity index (χ0v) is 10.8. The Balaban J connectivity index is 1.90. The minimum atomic E-state index is 0.839. The predicted molar refractivity (Wildman–Crippen MR) is 68.1 cm³/mol. The summed E-state index contributed by atoms with van der Waals surface area (Å²) >= 11 is 3.46. The minimum Gasteiger partial charge on any atom is -0.472 e. The fourth-order valence-corrected chi connectivity index (χ4v) is 2.07. The molecule has 0 atom stereocenters. The molecule has 1 heterocycles. The molecule has 0 saturated heterocycles. The van der Waals surface area contributed by atoms with Crippen molar-refractivity contribution in [1.29, 1.82) is 0 Å². The van der Waals surface area contributed by atoms with Crippen LogP contribution in [0, 0.1) is 6.92 Å². The van der Waals surface area contributed by atoms with Gasteiger partial charge in [-0.2, -0.15) is 0 Å². The lowest BCUT2D eigenvalue weighted by Crippen LogP contribution is -2.12. The molecular formula is C13H14BrNO. The van der Waals surface area contributed by atoms with Crippen molar-refractivity contribution >= 4 is 15.9 Å². The first kappa shape index (κ1) is 11.4. The van der Waals surface area contributed by atoms with Crippen LogP contribution in [-0.2, 0) is 13.1 Å². The van der Waals surface area contributed by atoms with E-state index in [0.717, 1.165) is 17.6 Å². The van der Waals surface area contributed by atoms with E-state index in [2.05, 4.69) is 46.4 Å². The summed E-state index contributed by atoms with van der Waals surface area (Å²) in [6.07, 6.45) is 3.46. The van der Waals surface area contributed by atoms with Gasteiger partial charge in [0.15, 0.2) is 0 Å². The standard InChI is InChI=1S/C13H14BrNO/c1-10-6-13(14)3-2-12(10)8-15-7-11-4-5-16-9-11/h2-6,9,15H,7-8H2,1H3. The summed E-state index contributed by atoms with van der Waals surface area (Å²) < 4.78 is 6.14. The van der Waals surface area contributed by atoms with Gasteiger partial charge in [0.05, 0.1) is 12.5 Å². The van der Waals surface area contributed by atoms with Crippen molar-refractivity contribution < 1.29 is 4.42 Å². The van der Waals surface area contributed by atoms with Gasteiger partial charge in [0.1, 0.15) is 0 Å². The Hall–Kier alpha value is -1.06. The van der Waals surface area contributed by atoms with Gasteiger partial charge in [-0.3, -0.25) is 0 Å². The number of hydrogen-bond acceptors (Lipinski definition) is 2. The van der Waals surface area contributed by atoms with Crippen LogP contribution in [0.4, 0.5) is 0 Å². The Bertz CT molecular complexity index is 451. The van der Waals surface area contributed by atoms with Crippen LogP contribution in [0.2, 0.25) is 0 Å². The van der Waals surface area contributed by atoms with Crippen LogP contribution in [-0.4, -0.2) is 0 Å². The summed E-state index contributed by atoms with van der Waals surface area (Å²) in [6.45, 7) is 3.84. The molecular weight excluding hydrogens is 266 g/mol. The lowest BCUT2D eigenvalue weighted by molar-refractivity contribution is 0.560. The molecule has 1 aromatic heterocycles. The molecule has 0 aliphatic carbocycles. The molecule has 1 N–H and O–H groups in total. The molecule has 0 amide bonds. The summed E-state index contributed by atoms with van der Waals surface area (Å²) in [4.78, 5) is 0. The normalized spacial score (nSPS) is 10.6. The fraction of sp³-hybridized carbons (Fsp3) is 0.231. The van der Waals surface area contributed by atoms with Crippen molar-refractivity contribution in [1.82, 2.24) is 5.32 Å². The molecule has 0 radical (unpaired) electrons. The highest BCUT2D eigenvalue weighted by molar-refractivity contribution is 9.10. The summed E-state index contributed by atoms with van der Waals surface area (Å²) in [5, 5.41) is 3.39. The van der Waals surface area contributed by atoms with Crippen LogP contribution in [0.15, 0.2) is 45.7 Å². The molecule has 0 spiro atoms. The highest BCUT2D eigenvalue weighted by Gasteiger charge is 1.99. The monoisotopic (exact) mass is 279 g/mol. The summed E-state index contributed by atoms with van der Waals surface area (Å²) in [5.74, 6) is 0. The van der Waals surface area contributed by atoms with Crippen molar-refractivity contribution in [3.05, 3.63) is 58.0 Å². The van der Waals surface area contributed by atoms with Gasteiger partial charge in [0.2, 0.25) is 0 Å². The Morgan fingerprint density at radius 2 is 2.12 bits per heavy atom. The molecule has 2 rings (SSSR count). The first-order chi connectivity index (χ1) is 7.75. The maximum atomic E-state index is 5.01. The quantitative estimate of drug-likeness (QED) is 0.925. The van der Waals surface area contributed by atoms with Gasteiger partial charge in [-0.25, -0.2) is 0 Å². The number of hydrogen-bond donors (Lipinski definition) is 1. The second-order valence-corrected chi connectivity index (χ2v) is 4.72. The predicted octanol–water partition coefficient (Wildman–Crippen LogP) is 3.64. The zero-order chi connectivity index (χ0) is 11.4. The van der Waals surface area contributed by atoms with Crippen LogP contribution in [0.3, 0.4) is 0 Å². The third-order valence-electron chi connectivity index (χ3n) is 2.53. The van der Waals surface area contributed by atoms with Gasteiger partial charge in [0.25, 0.3) is 0 Å². The highest BCUT2D eigenvalue weighted by atomic mass is 79.9. The lowest BCUT2D eigenvalue weighted by atomic mass is 10.1. The Morgan fingerprint density at radius 3 is 2.81 bits per heavy atom. The van der Waals surface area contributed by atoms with Crippen molar-refractivity contribution in [2.24, 2.45) is 0 Å². The largest absolute Gasteiger partial charge is 0.472 e. The molecule has 2 nitrogen and oxygen atoms in total. The molecule has 1 aromatic carbocycles. The second-order valence-electron chi connectivity index (χ2n) is 3.81. The number of nitrogens with one attached hydrogen (secondary N) is 1. The van der Waals surface area contributed by atoms with Crippen LogP contribution >= 0.6 is 15.9 Å². The van der Waals surface area contributed by atoms with Gasteiger partial charge in [-0.05, 0) is 36.2 Å². The maximum absolute atomic E-state index is 5.01. The molecule has 2 aromatic rings. The average Bonchev–Trinajstić information content (AvgIpc) is 2.74. The fourth-order valence-electron chi connectivity index (χ4n) is 1.59. The molecule has 0 saturated carbocycles. The average molecular weight is 280 g/mol. The van der Waals surface area contributed by atoms with Crippen LogP contribution in [0.1, 0.15) is 16.7 Å². The molecule has 0 unspecified atom stereocenters. The first-order valence-electron chi connectivity index (χ1n) is 5.22. The third-order valence-corrected chi connectivity index (χ3v) is 3.02. The number of benzene rings is 1. The van der Waals surface area contributed by atoms with E-state index in [9.17, 15) is 0 Å². The van der Waals surface area contributed by atoms with Crippen LogP contribution in [0.25, 0.3) is 0 Å². The maximum Gasteiger partial charge on any atom is 0.0947 e. The van der Waals surface area contributed by atoms with E-state index in [1.54, 1.807) is 12.5 Å². The highest BCUT2D eigenvalue weighted by Crippen LogP contribution is 2.15. The second kappa shape index (κ2) is 5.32. The van der Waals surface area contributed by atoms with Gasteiger partial charge < -0.3 is 9.73 Å². The molecule has 0 fully saturated rings. The smallest absolute Gasteiger partial charge is 0.0947 e. The van der Waals surface area contributed by atoms with Gasteiger partial charge >= 0.3 is 0 Å². The van der Waals surface area contributed by atoms with Gasteiger partial charge in [0, 0.05) is 23.1 Å². The Kier molecular flexibility index (Phi) is 3.80. The van der Waals surface area contributed by atoms with E-state index < -0.39 is 0 Å². The summed E-state index contributed by atoms with van der Waals surface area (Å²) in [7, 11) is 0. The Morgan fingerprint density at radius 1 is 1.25 bits per heavy atom. The zero-order valence-electron chi connectivity index (χ0n) is 9.16. The third kappa shape index (κ3) is 2.97. The first-order valence-corrected chi connectivity index (χ1v) is 6.02. The van der Waals surface area contributed by atoms with E-state index in [1.165, 1.54) is 16.7 Å². The molecule has 0 aliphatic heterocycles. The number of rotatable bonds is 4. The van der Waals surface area contributed by atoms with E-state index in [0.29, 0.717) is 0 Å². The molecule has 16 heavy (non-hydrogen) atoms. The SMILES string of the molecule is Cc1cc(Br)ccc1CNCc1ccoc1. The van der Waals surface area contributed by atoms with E-state index in [4.69, 9.17) is 4.42 Å². The summed E-state index contributed by atoms with van der Waals surface area (Å²) in [5.41, 5.74) is 3.80. The van der Waals surface area contributed by atoms with E-state index in [1.807, 2.05) is 6.07 Å². The van der Waals surface area contributed by atoms with Crippen LogP contribution < -0.4 is 5.32 Å². The van der Waals surface area contributed by atoms with E-state index >= 15 is 0 Å². The van der Waals surface area contributed by atoms with Crippen molar-refractivity contribution in [2.45, 2.75) is 20.0 Å². The number of aryl methyl sites for hydroxylation is 1. The Labute approximate surface area is 104 Å². The van der Waals surface area contributed by atoms with Gasteiger partial charge in [-0.15, -0.1) is 0 Å². The van der Waals surface area contributed by atoms with Gasteiger partial charge in [-0.1, -0.05) is 22.0 Å². The number of halogens is 1. The number of furan rings is 1. The topological polar surface area (TPSA) is 25.2 Å². The van der Waals surface area contributed by atoms with Crippen molar-refractivity contribution in [3.8, 4) is 0 Å². The molecule has 84 valence electrons. The van der Waals surface area contributed by atoms with E-state index in [-0.39, 0.29) is 0 Å². The minimum absolute atomic E-state index is 0.839. The molecule has 0 bridgehead atoms.